The van der Waals surface area contributed by atoms with Crippen molar-refractivity contribution in [2.45, 2.75) is 6.42 Å². The van der Waals surface area contributed by atoms with Gasteiger partial charge in [0, 0.05) is 13.7 Å². The number of carbonyl (C=O) groups is 1. The quantitative estimate of drug-likeness (QED) is 0.532. The first-order valence-electron chi connectivity index (χ1n) is 3.36. The van der Waals surface area contributed by atoms with Gasteiger partial charge in [-0.3, -0.25) is 0 Å². The molecule has 1 aliphatic heterocycles. The molecule has 1 heterocycles. The lowest BCUT2D eigenvalue weighted by molar-refractivity contribution is -0.119. The molecular weight excluding hydrogens is 132 g/mol. The van der Waals surface area contributed by atoms with Crippen LogP contribution in [0.2, 0.25) is 0 Å². The monoisotopic (exact) mass is 144 g/mol. The van der Waals surface area contributed by atoms with Crippen LogP contribution in [0.25, 0.3) is 0 Å². The Morgan fingerprint density at radius 2 is 2.60 bits per heavy atom. The van der Waals surface area contributed by atoms with Gasteiger partial charge in [-0.15, -0.1) is 0 Å². The molecule has 0 aromatic rings. The summed E-state index contributed by atoms with van der Waals surface area (Å²) in [5, 5.41) is 0. The molecule has 3 heteroatoms. The van der Waals surface area contributed by atoms with Gasteiger partial charge in [0.25, 0.3) is 0 Å². The lowest BCUT2D eigenvalue weighted by Crippen LogP contribution is -2.28. The predicted octanol–water partition coefficient (Wildman–Crippen LogP) is 0.238. The summed E-state index contributed by atoms with van der Waals surface area (Å²) in [5.41, 5.74) is -0.339. The van der Waals surface area contributed by atoms with E-state index >= 15 is 0 Å². The second-order valence-electron chi connectivity index (χ2n) is 2.72. The number of aldehydes is 1. The Bertz CT molecular complexity index is 116. The zero-order valence-electron chi connectivity index (χ0n) is 6.13. The third-order valence-electron chi connectivity index (χ3n) is 1.82. The van der Waals surface area contributed by atoms with Crippen LogP contribution in [0.5, 0.6) is 0 Å². The fourth-order valence-electron chi connectivity index (χ4n) is 1.15. The topological polar surface area (TPSA) is 35.5 Å². The van der Waals surface area contributed by atoms with E-state index in [9.17, 15) is 4.79 Å². The molecule has 1 rings (SSSR count). The third kappa shape index (κ3) is 1.36. The summed E-state index contributed by atoms with van der Waals surface area (Å²) in [6, 6.07) is 0. The molecule has 0 saturated carbocycles. The molecule has 10 heavy (non-hydrogen) atoms. The third-order valence-corrected chi connectivity index (χ3v) is 1.82. The molecule has 58 valence electrons. The molecule has 3 nitrogen and oxygen atoms in total. The summed E-state index contributed by atoms with van der Waals surface area (Å²) in [4.78, 5) is 10.6. The van der Waals surface area contributed by atoms with Gasteiger partial charge in [-0.25, -0.2) is 0 Å². The number of carbonyl (C=O) groups excluding carboxylic acids is 1. The van der Waals surface area contributed by atoms with Crippen LogP contribution in [0.3, 0.4) is 0 Å². The van der Waals surface area contributed by atoms with Crippen molar-refractivity contribution in [1.29, 1.82) is 0 Å². The lowest BCUT2D eigenvalue weighted by atomic mass is 9.91. The molecule has 1 atom stereocenters. The fourth-order valence-corrected chi connectivity index (χ4v) is 1.15. The second kappa shape index (κ2) is 3.12. The minimum atomic E-state index is -0.339. The van der Waals surface area contributed by atoms with Crippen molar-refractivity contribution in [1.82, 2.24) is 0 Å². The Morgan fingerprint density at radius 1 is 1.80 bits per heavy atom. The maximum Gasteiger partial charge on any atom is 0.130 e. The van der Waals surface area contributed by atoms with Crippen molar-refractivity contribution in [2.24, 2.45) is 5.41 Å². The van der Waals surface area contributed by atoms with Gasteiger partial charge in [0.2, 0.25) is 0 Å². The molecule has 0 spiro atoms. The highest BCUT2D eigenvalue weighted by molar-refractivity contribution is 5.60. The maximum absolute atomic E-state index is 10.6. The fraction of sp³-hybridized carbons (Fsp3) is 0.857. The van der Waals surface area contributed by atoms with Gasteiger partial charge >= 0.3 is 0 Å². The molecule has 0 aromatic heterocycles. The Balaban J connectivity index is 2.49. The molecule has 1 fully saturated rings. The first kappa shape index (κ1) is 7.69. The van der Waals surface area contributed by atoms with E-state index in [0.29, 0.717) is 19.8 Å². The summed E-state index contributed by atoms with van der Waals surface area (Å²) in [6.45, 7) is 1.68. The number of methoxy groups -OCH3 is 1. The maximum atomic E-state index is 10.6. The smallest absolute Gasteiger partial charge is 0.130 e. The molecule has 1 aliphatic rings. The van der Waals surface area contributed by atoms with Crippen LogP contribution in [-0.4, -0.2) is 33.2 Å². The summed E-state index contributed by atoms with van der Waals surface area (Å²) < 4.78 is 10.0. The molecule has 0 aromatic carbocycles. The SMILES string of the molecule is COCC1(C=O)CCOC1. The van der Waals surface area contributed by atoms with Crippen molar-refractivity contribution in [2.75, 3.05) is 26.9 Å². The molecular formula is C7H12O3. The number of hydrogen-bond acceptors (Lipinski definition) is 3. The van der Waals surface area contributed by atoms with Gasteiger partial charge < -0.3 is 14.3 Å². The largest absolute Gasteiger partial charge is 0.384 e. The Hall–Kier alpha value is -0.410. The summed E-state index contributed by atoms with van der Waals surface area (Å²) in [7, 11) is 1.60. The van der Waals surface area contributed by atoms with E-state index in [1.54, 1.807) is 7.11 Å². The minimum Gasteiger partial charge on any atom is -0.384 e. The van der Waals surface area contributed by atoms with Crippen LogP contribution < -0.4 is 0 Å². The van der Waals surface area contributed by atoms with Crippen LogP contribution in [0.15, 0.2) is 0 Å². The second-order valence-corrected chi connectivity index (χ2v) is 2.72. The van der Waals surface area contributed by atoms with E-state index in [4.69, 9.17) is 9.47 Å². The van der Waals surface area contributed by atoms with Gasteiger partial charge in [0.05, 0.1) is 18.6 Å². The lowest BCUT2D eigenvalue weighted by Gasteiger charge is -2.17. The van der Waals surface area contributed by atoms with E-state index in [1.807, 2.05) is 0 Å². The summed E-state index contributed by atoms with van der Waals surface area (Å²) >= 11 is 0. The average Bonchev–Trinajstić information content (AvgIpc) is 2.39. The highest BCUT2D eigenvalue weighted by atomic mass is 16.5. The molecule has 0 radical (unpaired) electrons. The van der Waals surface area contributed by atoms with E-state index in [0.717, 1.165) is 12.7 Å². The highest BCUT2D eigenvalue weighted by Crippen LogP contribution is 2.25. The number of rotatable bonds is 3. The van der Waals surface area contributed by atoms with Crippen molar-refractivity contribution in [3.8, 4) is 0 Å². The molecule has 1 unspecified atom stereocenters. The summed E-state index contributed by atoms with van der Waals surface area (Å²) in [5.74, 6) is 0. The van der Waals surface area contributed by atoms with E-state index in [2.05, 4.69) is 0 Å². The average molecular weight is 144 g/mol. The van der Waals surface area contributed by atoms with Crippen LogP contribution in [0.4, 0.5) is 0 Å². The van der Waals surface area contributed by atoms with Crippen molar-refractivity contribution in [3.63, 3.8) is 0 Å². The van der Waals surface area contributed by atoms with Crippen LogP contribution in [-0.2, 0) is 14.3 Å². The zero-order chi connectivity index (χ0) is 7.45. The Kier molecular flexibility index (Phi) is 2.40. The van der Waals surface area contributed by atoms with Crippen LogP contribution in [0, 0.1) is 5.41 Å². The van der Waals surface area contributed by atoms with Crippen LogP contribution >= 0.6 is 0 Å². The van der Waals surface area contributed by atoms with Crippen molar-refractivity contribution < 1.29 is 14.3 Å². The summed E-state index contributed by atoms with van der Waals surface area (Å²) in [6.07, 6.45) is 1.74. The number of ether oxygens (including phenoxy) is 2. The molecule has 0 bridgehead atoms. The van der Waals surface area contributed by atoms with Gasteiger partial charge in [-0.1, -0.05) is 0 Å². The predicted molar refractivity (Wildman–Crippen MR) is 35.8 cm³/mol. The normalized spacial score (nSPS) is 32.5. The molecule has 0 amide bonds. The molecule has 1 saturated heterocycles. The first-order valence-corrected chi connectivity index (χ1v) is 3.36. The standard InChI is InChI=1S/C7H12O3/c1-9-5-7(4-8)2-3-10-6-7/h4H,2-3,5-6H2,1H3. The first-order chi connectivity index (χ1) is 4.83. The van der Waals surface area contributed by atoms with E-state index in [-0.39, 0.29) is 5.41 Å². The Labute approximate surface area is 60.3 Å². The Morgan fingerprint density at radius 3 is 3.00 bits per heavy atom. The molecule has 0 aliphatic carbocycles. The van der Waals surface area contributed by atoms with E-state index < -0.39 is 0 Å². The van der Waals surface area contributed by atoms with Crippen LogP contribution in [0.1, 0.15) is 6.42 Å². The van der Waals surface area contributed by atoms with Gasteiger partial charge in [0.15, 0.2) is 0 Å². The molecule has 0 N–H and O–H groups in total. The van der Waals surface area contributed by atoms with Crippen molar-refractivity contribution in [3.05, 3.63) is 0 Å². The highest BCUT2D eigenvalue weighted by Gasteiger charge is 2.34. The zero-order valence-corrected chi connectivity index (χ0v) is 6.13. The van der Waals surface area contributed by atoms with Gasteiger partial charge in [-0.2, -0.15) is 0 Å². The van der Waals surface area contributed by atoms with Gasteiger partial charge in [-0.05, 0) is 6.42 Å². The minimum absolute atomic E-state index is 0.339. The number of hydrogen-bond donors (Lipinski definition) is 0. The van der Waals surface area contributed by atoms with Crippen molar-refractivity contribution >= 4 is 6.29 Å². The van der Waals surface area contributed by atoms with E-state index in [1.165, 1.54) is 0 Å². The van der Waals surface area contributed by atoms with Gasteiger partial charge in [0.1, 0.15) is 6.29 Å².